The number of nitrogens with one attached hydrogen (secondary N) is 1. The van der Waals surface area contributed by atoms with Crippen LogP contribution in [0, 0.1) is 0 Å². The number of halogens is 1. The van der Waals surface area contributed by atoms with E-state index in [4.69, 9.17) is 5.11 Å². The van der Waals surface area contributed by atoms with Crippen molar-refractivity contribution in [2.75, 3.05) is 6.54 Å². The Bertz CT molecular complexity index is 572. The van der Waals surface area contributed by atoms with Gasteiger partial charge >= 0.3 is 5.97 Å². The van der Waals surface area contributed by atoms with Crippen LogP contribution in [0.5, 0.6) is 0 Å². The van der Waals surface area contributed by atoms with Gasteiger partial charge in [-0.15, -0.1) is 0 Å². The molecule has 0 aromatic heterocycles. The highest BCUT2D eigenvalue weighted by Gasteiger charge is 2.18. The van der Waals surface area contributed by atoms with Gasteiger partial charge in [0.1, 0.15) is 0 Å². The predicted molar refractivity (Wildman–Crippen MR) is 80.4 cm³/mol. The largest absolute Gasteiger partial charge is 0.478 e. The summed E-state index contributed by atoms with van der Waals surface area (Å²) in [5.41, 5.74) is 0.0405. The quantitative estimate of drug-likeness (QED) is 0.695. The lowest BCUT2D eigenvalue weighted by Gasteiger charge is -2.09. The maximum atomic E-state index is 12.1. The molecule has 1 aromatic rings. The van der Waals surface area contributed by atoms with E-state index in [1.165, 1.54) is 18.2 Å². The molecule has 0 bridgehead atoms. The third kappa shape index (κ3) is 4.88. The average Bonchev–Trinajstić information content (AvgIpc) is 2.37. The molecule has 112 valence electrons. The average molecular weight is 364 g/mol. The Hall–Kier alpha value is -0.920. The number of benzene rings is 1. The fourth-order valence-corrected chi connectivity index (χ4v) is 3.84. The molecule has 5 nitrogen and oxygen atoms in total. The number of unbranched alkanes of at least 4 members (excludes halogenated alkanes) is 3. The van der Waals surface area contributed by atoms with Crippen LogP contribution in [-0.2, 0) is 10.0 Å². The fraction of sp³-hybridized carbons (Fsp3) is 0.462. The molecule has 0 aliphatic rings. The van der Waals surface area contributed by atoms with Crippen molar-refractivity contribution in [1.29, 1.82) is 0 Å². The van der Waals surface area contributed by atoms with Gasteiger partial charge in [-0.05, 0) is 40.5 Å². The van der Waals surface area contributed by atoms with E-state index in [0.29, 0.717) is 6.54 Å². The molecule has 0 aliphatic heterocycles. The van der Waals surface area contributed by atoms with Crippen molar-refractivity contribution < 1.29 is 18.3 Å². The first-order valence-corrected chi connectivity index (χ1v) is 8.68. The summed E-state index contributed by atoms with van der Waals surface area (Å²) >= 11 is 3.10. The first-order chi connectivity index (χ1) is 9.38. The summed E-state index contributed by atoms with van der Waals surface area (Å²) in [5.74, 6) is -1.10. The minimum atomic E-state index is -3.61. The van der Waals surface area contributed by atoms with Crippen LogP contribution < -0.4 is 4.72 Å². The van der Waals surface area contributed by atoms with Crippen molar-refractivity contribution in [1.82, 2.24) is 4.72 Å². The van der Waals surface area contributed by atoms with Crippen LogP contribution in [0.3, 0.4) is 0 Å². The highest BCUT2D eigenvalue weighted by Crippen LogP contribution is 2.23. The molecule has 0 saturated carbocycles. The molecule has 0 radical (unpaired) electrons. The number of aromatic carboxylic acids is 1. The third-order valence-corrected chi connectivity index (χ3v) is 5.23. The Labute approximate surface area is 127 Å². The van der Waals surface area contributed by atoms with Crippen LogP contribution in [0.2, 0.25) is 0 Å². The van der Waals surface area contributed by atoms with Crippen LogP contribution in [-0.4, -0.2) is 26.0 Å². The van der Waals surface area contributed by atoms with E-state index in [-0.39, 0.29) is 14.9 Å². The van der Waals surface area contributed by atoms with Gasteiger partial charge in [0.15, 0.2) is 0 Å². The topological polar surface area (TPSA) is 83.5 Å². The Kier molecular flexibility index (Phi) is 6.64. The van der Waals surface area contributed by atoms with Crippen molar-refractivity contribution in [2.45, 2.75) is 37.5 Å². The third-order valence-electron chi connectivity index (χ3n) is 2.79. The van der Waals surface area contributed by atoms with Gasteiger partial charge in [0, 0.05) is 11.0 Å². The molecule has 0 atom stereocenters. The van der Waals surface area contributed by atoms with Crippen LogP contribution >= 0.6 is 15.9 Å². The zero-order chi connectivity index (χ0) is 15.2. The van der Waals surface area contributed by atoms with Gasteiger partial charge in [0.2, 0.25) is 10.0 Å². The molecular weight excluding hydrogens is 346 g/mol. The normalized spacial score (nSPS) is 11.5. The van der Waals surface area contributed by atoms with E-state index in [2.05, 4.69) is 27.6 Å². The molecular formula is C13H18BrNO4S. The predicted octanol–water partition coefficient (Wildman–Crippen LogP) is 3.01. The first-order valence-electron chi connectivity index (χ1n) is 6.41. The molecule has 1 rings (SSSR count). The number of carboxylic acid groups (broad SMARTS) is 1. The minimum Gasteiger partial charge on any atom is -0.478 e. The number of carboxylic acids is 1. The molecule has 0 amide bonds. The molecule has 0 spiro atoms. The van der Waals surface area contributed by atoms with E-state index in [1.54, 1.807) is 0 Å². The summed E-state index contributed by atoms with van der Waals surface area (Å²) in [7, 11) is -3.61. The summed E-state index contributed by atoms with van der Waals surface area (Å²) in [6, 6.07) is 3.86. The number of hydrogen-bond donors (Lipinski definition) is 2. The van der Waals surface area contributed by atoms with Crippen LogP contribution in [0.4, 0.5) is 0 Å². The highest BCUT2D eigenvalue weighted by atomic mass is 79.9. The van der Waals surface area contributed by atoms with Crippen molar-refractivity contribution >= 4 is 31.9 Å². The Morgan fingerprint density at radius 2 is 2.00 bits per heavy atom. The molecule has 0 aliphatic carbocycles. The summed E-state index contributed by atoms with van der Waals surface area (Å²) in [4.78, 5) is 10.9. The number of sulfonamides is 1. The van der Waals surface area contributed by atoms with Crippen LogP contribution in [0.1, 0.15) is 43.0 Å². The van der Waals surface area contributed by atoms with E-state index in [1.807, 2.05) is 0 Å². The number of rotatable bonds is 8. The van der Waals surface area contributed by atoms with E-state index in [0.717, 1.165) is 25.7 Å². The van der Waals surface area contributed by atoms with Gasteiger partial charge in [-0.3, -0.25) is 0 Å². The second kappa shape index (κ2) is 7.75. The van der Waals surface area contributed by atoms with Crippen molar-refractivity contribution in [3.8, 4) is 0 Å². The van der Waals surface area contributed by atoms with E-state index < -0.39 is 16.0 Å². The molecule has 0 fully saturated rings. The molecule has 1 aromatic carbocycles. The smallest absolute Gasteiger partial charge is 0.335 e. The van der Waals surface area contributed by atoms with Crippen LogP contribution in [0.25, 0.3) is 0 Å². The highest BCUT2D eigenvalue weighted by molar-refractivity contribution is 9.10. The zero-order valence-corrected chi connectivity index (χ0v) is 13.6. The lowest BCUT2D eigenvalue weighted by Crippen LogP contribution is -2.25. The monoisotopic (exact) mass is 363 g/mol. The SMILES string of the molecule is CCCCCCNS(=O)(=O)c1ccc(C(=O)O)cc1Br. The lowest BCUT2D eigenvalue weighted by molar-refractivity contribution is 0.0696. The Balaban J connectivity index is 2.75. The summed E-state index contributed by atoms with van der Waals surface area (Å²) in [6.45, 7) is 2.47. The summed E-state index contributed by atoms with van der Waals surface area (Å²) in [6.07, 6.45) is 3.95. The van der Waals surface area contributed by atoms with Crippen molar-refractivity contribution in [2.24, 2.45) is 0 Å². The van der Waals surface area contributed by atoms with Gasteiger partial charge < -0.3 is 5.11 Å². The standard InChI is InChI=1S/C13H18BrNO4S/c1-2-3-4-5-8-15-20(18,19)12-7-6-10(13(16)17)9-11(12)14/h6-7,9,15H,2-5,8H2,1H3,(H,16,17). The maximum Gasteiger partial charge on any atom is 0.335 e. The Morgan fingerprint density at radius 3 is 2.55 bits per heavy atom. The molecule has 0 saturated heterocycles. The number of carbonyl (C=O) groups is 1. The van der Waals surface area contributed by atoms with Gasteiger partial charge in [-0.1, -0.05) is 26.2 Å². The first kappa shape index (κ1) is 17.1. The molecule has 20 heavy (non-hydrogen) atoms. The Morgan fingerprint density at radius 1 is 1.30 bits per heavy atom. The van der Waals surface area contributed by atoms with E-state index in [9.17, 15) is 13.2 Å². The van der Waals surface area contributed by atoms with Gasteiger partial charge in [-0.25, -0.2) is 17.9 Å². The molecule has 0 heterocycles. The zero-order valence-electron chi connectivity index (χ0n) is 11.2. The fourth-order valence-electron chi connectivity index (χ4n) is 1.69. The van der Waals surface area contributed by atoms with Gasteiger partial charge in [0.05, 0.1) is 10.5 Å². The lowest BCUT2D eigenvalue weighted by atomic mass is 10.2. The van der Waals surface area contributed by atoms with Gasteiger partial charge in [-0.2, -0.15) is 0 Å². The summed E-state index contributed by atoms with van der Waals surface area (Å²) < 4.78 is 26.9. The molecule has 2 N–H and O–H groups in total. The van der Waals surface area contributed by atoms with E-state index >= 15 is 0 Å². The van der Waals surface area contributed by atoms with Crippen molar-refractivity contribution in [3.05, 3.63) is 28.2 Å². The second-order valence-electron chi connectivity index (χ2n) is 4.41. The molecule has 7 heteroatoms. The van der Waals surface area contributed by atoms with Crippen LogP contribution in [0.15, 0.2) is 27.6 Å². The van der Waals surface area contributed by atoms with Crippen molar-refractivity contribution in [3.63, 3.8) is 0 Å². The second-order valence-corrected chi connectivity index (χ2v) is 7.00. The maximum absolute atomic E-state index is 12.1. The molecule has 0 unspecified atom stereocenters. The van der Waals surface area contributed by atoms with Gasteiger partial charge in [0.25, 0.3) is 0 Å². The summed E-state index contributed by atoms with van der Waals surface area (Å²) in [5, 5.41) is 8.84. The number of hydrogen-bond acceptors (Lipinski definition) is 3. The minimum absolute atomic E-state index is 0.0405.